The summed E-state index contributed by atoms with van der Waals surface area (Å²) in [5, 5.41) is 0. The Hall–Kier alpha value is -0.900. The van der Waals surface area contributed by atoms with Gasteiger partial charge in [0, 0.05) is 12.0 Å². The summed E-state index contributed by atoms with van der Waals surface area (Å²) in [6.07, 6.45) is -0.163. The molecule has 0 atom stereocenters. The van der Waals surface area contributed by atoms with Gasteiger partial charge in [-0.2, -0.15) is 11.8 Å². The molecule has 1 rings (SSSR count). The molecule has 0 N–H and O–H groups in total. The van der Waals surface area contributed by atoms with Crippen molar-refractivity contribution in [3.05, 3.63) is 35.4 Å². The lowest BCUT2D eigenvalue weighted by molar-refractivity contribution is -0.116. The van der Waals surface area contributed by atoms with Crippen molar-refractivity contribution in [1.29, 1.82) is 0 Å². The highest BCUT2D eigenvalue weighted by atomic mass is 32.2. The first kappa shape index (κ1) is 14.2. The second-order valence-electron chi connectivity index (χ2n) is 4.32. The standard InChI is InChI=1S/C13H16F2OS/c1-9(2)7-17-8-10(16)6-11-12(14)4-3-5-13(11)15/h3-5,9H,6-8H2,1-2H3. The molecule has 0 fully saturated rings. The molecule has 1 aromatic carbocycles. The summed E-state index contributed by atoms with van der Waals surface area (Å²) in [4.78, 5) is 11.5. The van der Waals surface area contributed by atoms with Gasteiger partial charge in [-0.15, -0.1) is 0 Å². The largest absolute Gasteiger partial charge is 0.298 e. The Morgan fingerprint density at radius 3 is 2.41 bits per heavy atom. The SMILES string of the molecule is CC(C)CSCC(=O)Cc1c(F)cccc1F. The van der Waals surface area contributed by atoms with Gasteiger partial charge in [0.1, 0.15) is 17.4 Å². The second kappa shape index (κ2) is 6.74. The zero-order valence-corrected chi connectivity index (χ0v) is 10.8. The normalized spacial score (nSPS) is 10.9. The Labute approximate surface area is 105 Å². The predicted octanol–water partition coefficient (Wildman–Crippen LogP) is 3.47. The van der Waals surface area contributed by atoms with Gasteiger partial charge in [0.25, 0.3) is 0 Å². The fourth-order valence-corrected chi connectivity index (χ4v) is 2.28. The summed E-state index contributed by atoms with van der Waals surface area (Å²) in [5.74, 6) is 0.273. The highest BCUT2D eigenvalue weighted by Gasteiger charge is 2.12. The van der Waals surface area contributed by atoms with Crippen LogP contribution >= 0.6 is 11.8 Å². The van der Waals surface area contributed by atoms with Gasteiger partial charge in [0.2, 0.25) is 0 Å². The van der Waals surface area contributed by atoms with Crippen molar-refractivity contribution >= 4 is 17.5 Å². The van der Waals surface area contributed by atoms with E-state index in [1.165, 1.54) is 30.0 Å². The Morgan fingerprint density at radius 2 is 1.88 bits per heavy atom. The molecule has 0 spiro atoms. The van der Waals surface area contributed by atoms with Crippen LogP contribution in [0.25, 0.3) is 0 Å². The highest BCUT2D eigenvalue weighted by molar-refractivity contribution is 7.99. The summed E-state index contributed by atoms with van der Waals surface area (Å²) in [6.45, 7) is 4.13. The van der Waals surface area contributed by atoms with Crippen LogP contribution in [0, 0.1) is 17.6 Å². The number of halogens is 2. The van der Waals surface area contributed by atoms with Crippen molar-refractivity contribution in [1.82, 2.24) is 0 Å². The lowest BCUT2D eigenvalue weighted by Gasteiger charge is -2.05. The smallest absolute Gasteiger partial charge is 0.147 e. The molecule has 0 aliphatic heterocycles. The van der Waals surface area contributed by atoms with Crippen LogP contribution < -0.4 is 0 Å². The van der Waals surface area contributed by atoms with Crippen molar-refractivity contribution in [2.45, 2.75) is 20.3 Å². The molecule has 0 saturated heterocycles. The van der Waals surface area contributed by atoms with Crippen molar-refractivity contribution < 1.29 is 13.6 Å². The van der Waals surface area contributed by atoms with E-state index in [0.717, 1.165) is 5.75 Å². The van der Waals surface area contributed by atoms with E-state index in [9.17, 15) is 13.6 Å². The van der Waals surface area contributed by atoms with E-state index >= 15 is 0 Å². The van der Waals surface area contributed by atoms with Crippen LogP contribution in [0.1, 0.15) is 19.4 Å². The first-order valence-electron chi connectivity index (χ1n) is 5.53. The maximum absolute atomic E-state index is 13.3. The van der Waals surface area contributed by atoms with Crippen molar-refractivity contribution in [3.63, 3.8) is 0 Å². The Bertz CT molecular complexity index is 371. The third-order valence-corrected chi connectivity index (χ3v) is 3.58. The quantitative estimate of drug-likeness (QED) is 0.777. The van der Waals surface area contributed by atoms with E-state index in [1.807, 2.05) is 0 Å². The number of Topliss-reactive ketones (excluding diaryl/α,β-unsaturated/α-hetero) is 1. The first-order chi connectivity index (χ1) is 8.00. The molecule has 0 saturated carbocycles. The topological polar surface area (TPSA) is 17.1 Å². The second-order valence-corrected chi connectivity index (χ2v) is 5.35. The number of thioether (sulfide) groups is 1. The summed E-state index contributed by atoms with van der Waals surface area (Å²) >= 11 is 1.51. The molecule has 94 valence electrons. The van der Waals surface area contributed by atoms with Gasteiger partial charge in [0.05, 0.1) is 5.75 Å². The van der Waals surface area contributed by atoms with Crippen molar-refractivity contribution in [2.75, 3.05) is 11.5 Å². The lowest BCUT2D eigenvalue weighted by Crippen LogP contribution is -2.10. The lowest BCUT2D eigenvalue weighted by atomic mass is 10.1. The Kier molecular flexibility index (Phi) is 5.62. The Morgan fingerprint density at radius 1 is 1.29 bits per heavy atom. The van der Waals surface area contributed by atoms with Crippen LogP contribution in [0.15, 0.2) is 18.2 Å². The first-order valence-corrected chi connectivity index (χ1v) is 6.68. The molecule has 1 nitrogen and oxygen atoms in total. The summed E-state index contributed by atoms with van der Waals surface area (Å²) in [5.41, 5.74) is -0.123. The van der Waals surface area contributed by atoms with Gasteiger partial charge >= 0.3 is 0 Å². The van der Waals surface area contributed by atoms with E-state index in [4.69, 9.17) is 0 Å². The third-order valence-electron chi connectivity index (χ3n) is 2.15. The van der Waals surface area contributed by atoms with Gasteiger partial charge < -0.3 is 0 Å². The van der Waals surface area contributed by atoms with Crippen molar-refractivity contribution in [2.24, 2.45) is 5.92 Å². The van der Waals surface area contributed by atoms with E-state index in [2.05, 4.69) is 13.8 Å². The number of rotatable bonds is 6. The molecule has 0 unspecified atom stereocenters. The highest BCUT2D eigenvalue weighted by Crippen LogP contribution is 2.15. The van der Waals surface area contributed by atoms with Gasteiger partial charge in [-0.25, -0.2) is 8.78 Å². The monoisotopic (exact) mass is 258 g/mol. The van der Waals surface area contributed by atoms with Gasteiger partial charge in [-0.05, 0) is 23.8 Å². The van der Waals surface area contributed by atoms with Crippen LogP contribution in [0.2, 0.25) is 0 Å². The number of carbonyl (C=O) groups is 1. The zero-order chi connectivity index (χ0) is 12.8. The minimum absolute atomic E-state index is 0.123. The number of hydrogen-bond acceptors (Lipinski definition) is 2. The summed E-state index contributed by atoms with van der Waals surface area (Å²) < 4.78 is 26.5. The van der Waals surface area contributed by atoms with E-state index in [0.29, 0.717) is 11.7 Å². The number of carbonyl (C=O) groups excluding carboxylic acids is 1. The average molecular weight is 258 g/mol. The van der Waals surface area contributed by atoms with Crippen LogP contribution in [0.4, 0.5) is 8.78 Å². The Balaban J connectivity index is 2.51. The fourth-order valence-electron chi connectivity index (χ4n) is 1.36. The molecule has 0 heterocycles. The average Bonchev–Trinajstić information content (AvgIpc) is 2.23. The molecule has 0 amide bonds. The minimum atomic E-state index is -0.646. The van der Waals surface area contributed by atoms with E-state index < -0.39 is 11.6 Å². The van der Waals surface area contributed by atoms with E-state index in [1.54, 1.807) is 0 Å². The van der Waals surface area contributed by atoms with Crippen LogP contribution in [-0.2, 0) is 11.2 Å². The third kappa shape index (κ3) is 4.86. The molecule has 4 heteroatoms. The van der Waals surface area contributed by atoms with Gasteiger partial charge in [-0.1, -0.05) is 19.9 Å². The minimum Gasteiger partial charge on any atom is -0.298 e. The van der Waals surface area contributed by atoms with Crippen molar-refractivity contribution in [3.8, 4) is 0 Å². The molecule has 0 aliphatic carbocycles. The summed E-state index contributed by atoms with van der Waals surface area (Å²) in [7, 11) is 0. The van der Waals surface area contributed by atoms with Gasteiger partial charge in [0.15, 0.2) is 0 Å². The molecule has 17 heavy (non-hydrogen) atoms. The number of ketones is 1. The number of hydrogen-bond donors (Lipinski definition) is 0. The van der Waals surface area contributed by atoms with Gasteiger partial charge in [-0.3, -0.25) is 4.79 Å². The molecular formula is C13H16F2OS. The zero-order valence-electron chi connectivity index (χ0n) is 10.0. The molecule has 0 aliphatic rings. The molecule has 1 aromatic rings. The van der Waals surface area contributed by atoms with E-state index in [-0.39, 0.29) is 17.8 Å². The van der Waals surface area contributed by atoms with Crippen LogP contribution in [0.5, 0.6) is 0 Å². The van der Waals surface area contributed by atoms with Crippen LogP contribution in [-0.4, -0.2) is 17.3 Å². The predicted molar refractivity (Wildman–Crippen MR) is 67.2 cm³/mol. The maximum Gasteiger partial charge on any atom is 0.147 e. The number of benzene rings is 1. The molecule has 0 aromatic heterocycles. The van der Waals surface area contributed by atoms with Crippen LogP contribution in [0.3, 0.4) is 0 Å². The fraction of sp³-hybridized carbons (Fsp3) is 0.462. The summed E-state index contributed by atoms with van der Waals surface area (Å²) in [6, 6.07) is 3.64. The molecule has 0 bridgehead atoms. The maximum atomic E-state index is 13.3. The molecular weight excluding hydrogens is 242 g/mol. The molecule has 0 radical (unpaired) electrons.